The Morgan fingerprint density at radius 3 is 2.35 bits per heavy atom. The van der Waals surface area contributed by atoms with Gasteiger partial charge in [0.05, 0.1) is 6.04 Å². The van der Waals surface area contributed by atoms with Crippen molar-refractivity contribution in [1.82, 2.24) is 4.90 Å². The summed E-state index contributed by atoms with van der Waals surface area (Å²) in [6, 6.07) is 8.73. The Hall–Kier alpha value is -2.34. The molecule has 0 aliphatic heterocycles. The van der Waals surface area contributed by atoms with E-state index in [2.05, 4.69) is 5.32 Å². The Balaban J connectivity index is 2.04. The van der Waals surface area contributed by atoms with Gasteiger partial charge in [0.1, 0.15) is 23.1 Å². The van der Waals surface area contributed by atoms with Gasteiger partial charge in [-0.2, -0.15) is 0 Å². The molecule has 2 aromatic rings. The number of nitrogens with one attached hydrogen (secondary N) is 1. The lowest BCUT2D eigenvalue weighted by Crippen LogP contribution is -2.39. The largest absolute Gasteiger partial charge is 0.320 e. The molecule has 0 aliphatic rings. The van der Waals surface area contributed by atoms with Crippen LogP contribution in [0.1, 0.15) is 12.5 Å². The first-order chi connectivity index (χ1) is 10.9. The Morgan fingerprint density at radius 2 is 1.74 bits per heavy atom. The van der Waals surface area contributed by atoms with Crippen molar-refractivity contribution in [3.8, 4) is 0 Å². The third kappa shape index (κ3) is 4.32. The minimum absolute atomic E-state index is 0.325. The van der Waals surface area contributed by atoms with Crippen LogP contribution < -0.4 is 5.32 Å². The van der Waals surface area contributed by atoms with Crippen LogP contribution in [0.4, 0.5) is 18.9 Å². The van der Waals surface area contributed by atoms with Crippen molar-refractivity contribution < 1.29 is 18.0 Å². The maximum absolute atomic E-state index is 13.6. The van der Waals surface area contributed by atoms with E-state index in [4.69, 9.17) is 0 Å². The second kappa shape index (κ2) is 7.28. The minimum Gasteiger partial charge on any atom is -0.320 e. The van der Waals surface area contributed by atoms with Crippen LogP contribution in [-0.2, 0) is 11.3 Å². The molecule has 0 heterocycles. The third-order valence-electron chi connectivity index (χ3n) is 3.57. The molecule has 6 heteroatoms. The molecule has 23 heavy (non-hydrogen) atoms. The Labute approximate surface area is 132 Å². The summed E-state index contributed by atoms with van der Waals surface area (Å²) in [6.07, 6.45) is 0. The molecule has 0 aliphatic carbocycles. The summed E-state index contributed by atoms with van der Waals surface area (Å²) in [4.78, 5) is 13.8. The Bertz CT molecular complexity index is 686. The van der Waals surface area contributed by atoms with E-state index in [0.717, 1.165) is 12.1 Å². The van der Waals surface area contributed by atoms with E-state index in [9.17, 15) is 18.0 Å². The molecule has 1 amide bonds. The van der Waals surface area contributed by atoms with E-state index < -0.39 is 29.3 Å². The molecule has 0 spiro atoms. The number of hydrogen-bond donors (Lipinski definition) is 1. The smallest absolute Gasteiger partial charge is 0.241 e. The first-order valence-electron chi connectivity index (χ1n) is 7.08. The fraction of sp³-hybridized carbons (Fsp3) is 0.235. The SMILES string of the molecule is CC(C(=O)Nc1c(F)cccc1F)N(C)Cc1cccc(F)c1. The van der Waals surface area contributed by atoms with Gasteiger partial charge >= 0.3 is 0 Å². The van der Waals surface area contributed by atoms with Crippen molar-refractivity contribution in [2.75, 3.05) is 12.4 Å². The fourth-order valence-electron chi connectivity index (χ4n) is 2.11. The molecule has 0 radical (unpaired) electrons. The quantitative estimate of drug-likeness (QED) is 0.913. The molecule has 2 rings (SSSR count). The number of rotatable bonds is 5. The molecule has 2 aromatic carbocycles. The van der Waals surface area contributed by atoms with Crippen LogP contribution in [0.25, 0.3) is 0 Å². The fourth-order valence-corrected chi connectivity index (χ4v) is 2.11. The van der Waals surface area contributed by atoms with Crippen molar-refractivity contribution in [1.29, 1.82) is 0 Å². The molecule has 0 aromatic heterocycles. The summed E-state index contributed by atoms with van der Waals surface area (Å²) in [7, 11) is 1.67. The summed E-state index contributed by atoms with van der Waals surface area (Å²) < 4.78 is 40.3. The Morgan fingerprint density at radius 1 is 1.13 bits per heavy atom. The average Bonchev–Trinajstić information content (AvgIpc) is 2.50. The molecule has 0 fully saturated rings. The van der Waals surface area contributed by atoms with Crippen LogP contribution in [0.5, 0.6) is 0 Å². The number of likely N-dealkylation sites (N-methyl/N-ethyl adjacent to an activating group) is 1. The lowest BCUT2D eigenvalue weighted by molar-refractivity contribution is -0.120. The number of anilines is 1. The Kier molecular flexibility index (Phi) is 5.39. The van der Waals surface area contributed by atoms with E-state index >= 15 is 0 Å². The van der Waals surface area contributed by atoms with Gasteiger partial charge in [-0.25, -0.2) is 13.2 Å². The van der Waals surface area contributed by atoms with E-state index in [0.29, 0.717) is 12.1 Å². The number of halogens is 3. The maximum Gasteiger partial charge on any atom is 0.241 e. The highest BCUT2D eigenvalue weighted by Gasteiger charge is 2.21. The lowest BCUT2D eigenvalue weighted by atomic mass is 10.1. The number of benzene rings is 2. The predicted molar refractivity (Wildman–Crippen MR) is 82.3 cm³/mol. The molecular weight excluding hydrogens is 305 g/mol. The van der Waals surface area contributed by atoms with Gasteiger partial charge in [-0.15, -0.1) is 0 Å². The van der Waals surface area contributed by atoms with Gasteiger partial charge in [0.2, 0.25) is 5.91 Å². The molecule has 122 valence electrons. The van der Waals surface area contributed by atoms with Crippen LogP contribution in [0.3, 0.4) is 0 Å². The molecule has 1 N–H and O–H groups in total. The van der Waals surface area contributed by atoms with Crippen molar-refractivity contribution >= 4 is 11.6 Å². The summed E-state index contributed by atoms with van der Waals surface area (Å²) in [5.74, 6) is -2.58. The highest BCUT2D eigenvalue weighted by atomic mass is 19.1. The molecule has 1 unspecified atom stereocenters. The normalized spacial score (nSPS) is 12.3. The number of para-hydroxylation sites is 1. The van der Waals surface area contributed by atoms with Crippen LogP contribution in [-0.4, -0.2) is 23.9 Å². The highest BCUT2D eigenvalue weighted by Crippen LogP contribution is 2.19. The van der Waals surface area contributed by atoms with Crippen molar-refractivity contribution in [3.05, 3.63) is 65.5 Å². The van der Waals surface area contributed by atoms with Gasteiger partial charge in [-0.05, 0) is 43.8 Å². The second-order valence-corrected chi connectivity index (χ2v) is 5.31. The van der Waals surface area contributed by atoms with Gasteiger partial charge in [0.25, 0.3) is 0 Å². The third-order valence-corrected chi connectivity index (χ3v) is 3.57. The lowest BCUT2D eigenvalue weighted by Gasteiger charge is -2.24. The van der Waals surface area contributed by atoms with Gasteiger partial charge < -0.3 is 5.32 Å². The molecule has 1 atom stereocenters. The van der Waals surface area contributed by atoms with Crippen LogP contribution in [0.2, 0.25) is 0 Å². The van der Waals surface area contributed by atoms with Crippen LogP contribution in [0.15, 0.2) is 42.5 Å². The van der Waals surface area contributed by atoms with Crippen LogP contribution >= 0.6 is 0 Å². The van der Waals surface area contributed by atoms with E-state index in [1.807, 2.05) is 0 Å². The average molecular weight is 322 g/mol. The monoisotopic (exact) mass is 322 g/mol. The minimum atomic E-state index is -0.835. The van der Waals surface area contributed by atoms with Crippen molar-refractivity contribution in [3.63, 3.8) is 0 Å². The van der Waals surface area contributed by atoms with Crippen LogP contribution in [0, 0.1) is 17.5 Å². The second-order valence-electron chi connectivity index (χ2n) is 5.31. The van der Waals surface area contributed by atoms with E-state index in [1.54, 1.807) is 31.0 Å². The first kappa shape index (κ1) is 17.0. The van der Waals surface area contributed by atoms with E-state index in [1.165, 1.54) is 18.2 Å². The topological polar surface area (TPSA) is 32.3 Å². The number of carbonyl (C=O) groups excluding carboxylic acids is 1. The van der Waals surface area contributed by atoms with E-state index in [-0.39, 0.29) is 5.82 Å². The van der Waals surface area contributed by atoms with Crippen molar-refractivity contribution in [2.24, 2.45) is 0 Å². The van der Waals surface area contributed by atoms with Gasteiger partial charge in [-0.1, -0.05) is 18.2 Å². The number of hydrogen-bond acceptors (Lipinski definition) is 2. The highest BCUT2D eigenvalue weighted by molar-refractivity contribution is 5.94. The zero-order chi connectivity index (χ0) is 17.0. The molecule has 0 saturated carbocycles. The summed E-state index contributed by atoms with van der Waals surface area (Å²) in [5.41, 5.74) is 0.229. The molecular formula is C17H17F3N2O. The summed E-state index contributed by atoms with van der Waals surface area (Å²) in [6.45, 7) is 1.93. The molecule has 0 bridgehead atoms. The number of nitrogens with zero attached hydrogens (tertiary/aromatic N) is 1. The maximum atomic E-state index is 13.6. The van der Waals surface area contributed by atoms with Gasteiger partial charge in [-0.3, -0.25) is 9.69 Å². The van der Waals surface area contributed by atoms with Gasteiger partial charge in [0, 0.05) is 6.54 Å². The summed E-state index contributed by atoms with van der Waals surface area (Å²) in [5, 5.41) is 2.25. The van der Waals surface area contributed by atoms with Crippen molar-refractivity contribution in [2.45, 2.75) is 19.5 Å². The van der Waals surface area contributed by atoms with Gasteiger partial charge in [0.15, 0.2) is 0 Å². The molecule has 3 nitrogen and oxygen atoms in total. The first-order valence-corrected chi connectivity index (χ1v) is 7.08. The standard InChI is InChI=1S/C17H17F3N2O/c1-11(22(2)10-12-5-3-6-13(18)9-12)17(23)21-16-14(19)7-4-8-15(16)20/h3-9,11H,10H2,1-2H3,(H,21,23). The predicted octanol–water partition coefficient (Wildman–Crippen LogP) is 3.56. The zero-order valence-electron chi connectivity index (χ0n) is 12.8. The molecule has 0 saturated heterocycles. The number of carbonyl (C=O) groups is 1. The zero-order valence-corrected chi connectivity index (χ0v) is 12.8. The summed E-state index contributed by atoms with van der Waals surface area (Å²) >= 11 is 0. The number of amides is 1.